The summed E-state index contributed by atoms with van der Waals surface area (Å²) in [6.07, 6.45) is 1.29. The van der Waals surface area contributed by atoms with Gasteiger partial charge in [0.25, 0.3) is 0 Å². The molecule has 0 unspecified atom stereocenters. The molecule has 22 heavy (non-hydrogen) atoms. The Hall–Kier alpha value is -2.57. The first-order valence-corrected chi connectivity index (χ1v) is 6.47. The maximum atomic E-state index is 12.2. The van der Waals surface area contributed by atoms with Crippen LogP contribution in [0.1, 0.15) is 23.0 Å². The van der Waals surface area contributed by atoms with E-state index in [1.165, 1.54) is 18.2 Å². The molecule has 0 spiro atoms. The minimum atomic E-state index is -4.79. The van der Waals surface area contributed by atoms with Gasteiger partial charge in [-0.05, 0) is 31.2 Å². The first-order valence-electron chi connectivity index (χ1n) is 6.47. The lowest BCUT2D eigenvalue weighted by Gasteiger charge is -2.09. The van der Waals surface area contributed by atoms with Gasteiger partial charge in [-0.25, -0.2) is 4.98 Å². The van der Waals surface area contributed by atoms with E-state index in [-0.39, 0.29) is 5.56 Å². The van der Waals surface area contributed by atoms with Crippen LogP contribution in [-0.4, -0.2) is 21.7 Å². The van der Waals surface area contributed by atoms with Crippen molar-refractivity contribution in [3.63, 3.8) is 0 Å². The molecule has 0 amide bonds. The van der Waals surface area contributed by atoms with E-state index in [9.17, 15) is 18.0 Å². The number of allylic oxidation sites excluding steroid dienone is 1. The Labute approximate surface area is 124 Å². The fourth-order valence-electron chi connectivity index (χ4n) is 1.84. The van der Waals surface area contributed by atoms with Gasteiger partial charge in [0.15, 0.2) is 5.78 Å². The summed E-state index contributed by atoms with van der Waals surface area (Å²) in [6.45, 7) is 2.63. The SMILES string of the molecule is CCn1cncc1/C=C/C(=O)c1cccc(OC(F)(F)F)c1. The first-order chi connectivity index (χ1) is 10.4. The lowest BCUT2D eigenvalue weighted by molar-refractivity contribution is -0.274. The molecular weight excluding hydrogens is 297 g/mol. The van der Waals surface area contributed by atoms with Crippen LogP contribution in [0.25, 0.3) is 6.08 Å². The molecule has 0 fully saturated rings. The summed E-state index contributed by atoms with van der Waals surface area (Å²) >= 11 is 0. The van der Waals surface area contributed by atoms with Gasteiger partial charge in [-0.1, -0.05) is 12.1 Å². The van der Waals surface area contributed by atoms with Crippen LogP contribution >= 0.6 is 0 Å². The number of hydrogen-bond acceptors (Lipinski definition) is 3. The third-order valence-corrected chi connectivity index (χ3v) is 2.84. The lowest BCUT2D eigenvalue weighted by atomic mass is 10.1. The predicted octanol–water partition coefficient (Wildman–Crippen LogP) is 3.70. The van der Waals surface area contributed by atoms with Crippen LogP contribution in [0.2, 0.25) is 0 Å². The van der Waals surface area contributed by atoms with Crippen LogP contribution in [0.5, 0.6) is 5.75 Å². The lowest BCUT2D eigenvalue weighted by Crippen LogP contribution is -2.17. The number of carbonyl (C=O) groups is 1. The number of imidazole rings is 1. The largest absolute Gasteiger partial charge is 0.573 e. The van der Waals surface area contributed by atoms with Crippen molar-refractivity contribution >= 4 is 11.9 Å². The van der Waals surface area contributed by atoms with Crippen molar-refractivity contribution in [1.29, 1.82) is 0 Å². The maximum absolute atomic E-state index is 12.2. The van der Waals surface area contributed by atoms with Gasteiger partial charge < -0.3 is 9.30 Å². The molecule has 0 radical (unpaired) electrons. The molecule has 1 heterocycles. The number of hydrogen-bond donors (Lipinski definition) is 0. The van der Waals surface area contributed by atoms with Crippen molar-refractivity contribution in [3.8, 4) is 5.75 Å². The fraction of sp³-hybridized carbons (Fsp3) is 0.200. The Morgan fingerprint density at radius 1 is 1.41 bits per heavy atom. The molecule has 0 bridgehead atoms. The van der Waals surface area contributed by atoms with Crippen molar-refractivity contribution in [2.75, 3.05) is 0 Å². The van der Waals surface area contributed by atoms with Crippen LogP contribution in [0.4, 0.5) is 13.2 Å². The van der Waals surface area contributed by atoms with Crippen LogP contribution in [0, 0.1) is 0 Å². The standard InChI is InChI=1S/C15H13F3N2O2/c1-2-20-10-19-9-12(20)6-7-14(21)11-4-3-5-13(8-11)22-15(16,17)18/h3-10H,2H2,1H3/b7-6+. The van der Waals surface area contributed by atoms with Gasteiger partial charge in [0.1, 0.15) is 5.75 Å². The molecule has 1 aromatic carbocycles. The minimum absolute atomic E-state index is 0.112. The van der Waals surface area contributed by atoms with Crippen molar-refractivity contribution in [3.05, 3.63) is 54.1 Å². The molecule has 1 aromatic heterocycles. The molecule has 0 saturated heterocycles. The highest BCUT2D eigenvalue weighted by Crippen LogP contribution is 2.23. The van der Waals surface area contributed by atoms with Gasteiger partial charge in [-0.15, -0.1) is 13.2 Å². The van der Waals surface area contributed by atoms with Gasteiger partial charge >= 0.3 is 6.36 Å². The van der Waals surface area contributed by atoms with Crippen molar-refractivity contribution in [2.45, 2.75) is 19.8 Å². The number of benzene rings is 1. The zero-order valence-electron chi connectivity index (χ0n) is 11.7. The highest BCUT2D eigenvalue weighted by atomic mass is 19.4. The normalized spacial score (nSPS) is 11.8. The average Bonchev–Trinajstić information content (AvgIpc) is 2.90. The number of halogens is 3. The maximum Gasteiger partial charge on any atom is 0.573 e. The molecule has 0 aliphatic heterocycles. The second kappa shape index (κ2) is 6.46. The van der Waals surface area contributed by atoms with Gasteiger partial charge in [0.05, 0.1) is 18.2 Å². The number of aromatic nitrogens is 2. The number of ether oxygens (including phenoxy) is 1. The first kappa shape index (κ1) is 15.8. The molecule has 116 valence electrons. The average molecular weight is 310 g/mol. The molecule has 4 nitrogen and oxygen atoms in total. The highest BCUT2D eigenvalue weighted by molar-refractivity contribution is 6.06. The smallest absolute Gasteiger partial charge is 0.406 e. The number of alkyl halides is 3. The van der Waals surface area contributed by atoms with E-state index in [2.05, 4.69) is 9.72 Å². The molecule has 0 aliphatic rings. The van der Waals surface area contributed by atoms with Gasteiger partial charge in [-0.2, -0.15) is 0 Å². The molecule has 0 atom stereocenters. The van der Waals surface area contributed by atoms with E-state index in [4.69, 9.17) is 0 Å². The topological polar surface area (TPSA) is 44.1 Å². The summed E-state index contributed by atoms with van der Waals surface area (Å²) < 4.78 is 42.1. The molecule has 0 aliphatic carbocycles. The minimum Gasteiger partial charge on any atom is -0.406 e. The summed E-state index contributed by atoms with van der Waals surface area (Å²) in [5, 5.41) is 0. The summed E-state index contributed by atoms with van der Waals surface area (Å²) in [4.78, 5) is 16.0. The zero-order valence-corrected chi connectivity index (χ0v) is 11.7. The van der Waals surface area contributed by atoms with E-state index in [0.717, 1.165) is 17.8 Å². The quantitative estimate of drug-likeness (QED) is 0.625. The van der Waals surface area contributed by atoms with Gasteiger partial charge in [0, 0.05) is 12.1 Å². The van der Waals surface area contributed by atoms with Gasteiger partial charge in [0.2, 0.25) is 0 Å². The Morgan fingerprint density at radius 2 is 2.18 bits per heavy atom. The number of ketones is 1. The highest BCUT2D eigenvalue weighted by Gasteiger charge is 2.31. The van der Waals surface area contributed by atoms with E-state index in [1.807, 2.05) is 11.5 Å². The van der Waals surface area contributed by atoms with Crippen molar-refractivity contribution in [1.82, 2.24) is 9.55 Å². The number of aryl methyl sites for hydroxylation is 1. The summed E-state index contributed by atoms with van der Waals surface area (Å²) in [7, 11) is 0. The van der Waals surface area contributed by atoms with Crippen molar-refractivity contribution in [2.24, 2.45) is 0 Å². The second-order valence-corrected chi connectivity index (χ2v) is 4.38. The van der Waals surface area contributed by atoms with Crippen LogP contribution < -0.4 is 4.74 Å². The summed E-state index contributed by atoms with van der Waals surface area (Å²) in [5.74, 6) is -0.846. The zero-order chi connectivity index (χ0) is 16.2. The predicted molar refractivity (Wildman–Crippen MR) is 74.4 cm³/mol. The van der Waals surface area contributed by atoms with Crippen LogP contribution in [0.15, 0.2) is 42.9 Å². The molecule has 2 aromatic rings. The molecule has 7 heteroatoms. The number of nitrogens with zero attached hydrogens (tertiary/aromatic N) is 2. The molecule has 0 saturated carbocycles. The number of carbonyl (C=O) groups excluding carboxylic acids is 1. The molecular formula is C15H13F3N2O2. The monoisotopic (exact) mass is 310 g/mol. The summed E-state index contributed by atoms with van der Waals surface area (Å²) in [6, 6.07) is 4.95. The Kier molecular flexibility index (Phi) is 4.65. The van der Waals surface area contributed by atoms with E-state index in [0.29, 0.717) is 6.54 Å². The van der Waals surface area contributed by atoms with Gasteiger partial charge in [-0.3, -0.25) is 4.79 Å². The Morgan fingerprint density at radius 3 is 2.86 bits per heavy atom. The van der Waals surface area contributed by atoms with Crippen LogP contribution in [0.3, 0.4) is 0 Å². The Balaban J connectivity index is 2.14. The second-order valence-electron chi connectivity index (χ2n) is 4.38. The number of rotatable bonds is 5. The fourth-order valence-corrected chi connectivity index (χ4v) is 1.84. The van der Waals surface area contributed by atoms with Crippen LogP contribution in [-0.2, 0) is 6.54 Å². The molecule has 2 rings (SSSR count). The van der Waals surface area contributed by atoms with E-state index < -0.39 is 17.9 Å². The third-order valence-electron chi connectivity index (χ3n) is 2.84. The van der Waals surface area contributed by atoms with E-state index >= 15 is 0 Å². The van der Waals surface area contributed by atoms with Crippen molar-refractivity contribution < 1.29 is 22.7 Å². The van der Waals surface area contributed by atoms with E-state index in [1.54, 1.807) is 18.6 Å². The summed E-state index contributed by atoms with van der Waals surface area (Å²) in [5.41, 5.74) is 0.846. The molecule has 0 N–H and O–H groups in total. The Bertz CT molecular complexity index is 690. The third kappa shape index (κ3) is 4.21.